The molecule has 1 heterocycles. The lowest BCUT2D eigenvalue weighted by Gasteiger charge is -2.15. The number of hydrogen-bond donors (Lipinski definition) is 2. The molecule has 5 nitrogen and oxygen atoms in total. The smallest absolute Gasteiger partial charge is 0.255 e. The normalized spacial score (nSPS) is 15.8. The molecule has 2 N–H and O–H groups in total. The minimum atomic E-state index is -0.127. The Labute approximate surface area is 160 Å². The molecule has 6 heteroatoms. The van der Waals surface area contributed by atoms with E-state index in [0.29, 0.717) is 42.0 Å². The van der Waals surface area contributed by atoms with Crippen molar-refractivity contribution in [3.8, 4) is 17.2 Å². The molecule has 2 aromatic rings. The van der Waals surface area contributed by atoms with Crippen LogP contribution in [0.25, 0.3) is 0 Å². The number of ether oxygens (including phenoxy) is 2. The van der Waals surface area contributed by atoms with Gasteiger partial charge < -0.3 is 20.1 Å². The zero-order valence-corrected chi connectivity index (χ0v) is 15.7. The standard InChI is InChI=1S/C20H24N2O3.ClH/c1-2-24-18-11-5-6-12-19(18)25-17-10-4-3-9-16(17)20(23)22-14-15-8-7-13-21-15;/h3-6,9-12,15,21H,2,7-8,13-14H2,1H3,(H,22,23);1H. The van der Waals surface area contributed by atoms with Crippen LogP contribution < -0.4 is 20.1 Å². The van der Waals surface area contributed by atoms with Crippen molar-refractivity contribution in [1.29, 1.82) is 0 Å². The molecule has 0 saturated carbocycles. The van der Waals surface area contributed by atoms with Crippen molar-refractivity contribution >= 4 is 18.3 Å². The summed E-state index contributed by atoms with van der Waals surface area (Å²) in [5.41, 5.74) is 0.520. The van der Waals surface area contributed by atoms with Gasteiger partial charge in [0.05, 0.1) is 12.2 Å². The minimum Gasteiger partial charge on any atom is -0.490 e. The second-order valence-electron chi connectivity index (χ2n) is 5.98. The fraction of sp³-hybridized carbons (Fsp3) is 0.350. The van der Waals surface area contributed by atoms with Crippen LogP contribution in [0.4, 0.5) is 0 Å². The molecule has 1 aliphatic rings. The molecule has 1 fully saturated rings. The molecular formula is C20H25ClN2O3. The molecule has 1 saturated heterocycles. The average Bonchev–Trinajstić information content (AvgIpc) is 3.16. The molecular weight excluding hydrogens is 352 g/mol. The molecule has 1 unspecified atom stereocenters. The van der Waals surface area contributed by atoms with Crippen LogP contribution >= 0.6 is 12.4 Å². The van der Waals surface area contributed by atoms with Crippen LogP contribution in [0.5, 0.6) is 17.2 Å². The van der Waals surface area contributed by atoms with Crippen molar-refractivity contribution in [2.24, 2.45) is 0 Å². The van der Waals surface area contributed by atoms with Gasteiger partial charge in [-0.1, -0.05) is 24.3 Å². The first-order valence-corrected chi connectivity index (χ1v) is 8.78. The summed E-state index contributed by atoms with van der Waals surface area (Å²) in [7, 11) is 0. The van der Waals surface area contributed by atoms with E-state index >= 15 is 0 Å². The van der Waals surface area contributed by atoms with Crippen LogP contribution in [0.2, 0.25) is 0 Å². The Morgan fingerprint density at radius 1 is 1.12 bits per heavy atom. The Morgan fingerprint density at radius 2 is 1.81 bits per heavy atom. The van der Waals surface area contributed by atoms with Crippen molar-refractivity contribution < 1.29 is 14.3 Å². The zero-order valence-electron chi connectivity index (χ0n) is 14.9. The van der Waals surface area contributed by atoms with Gasteiger partial charge in [-0.05, 0) is 50.6 Å². The molecule has 3 rings (SSSR count). The number of rotatable bonds is 7. The van der Waals surface area contributed by atoms with E-state index in [2.05, 4.69) is 10.6 Å². The van der Waals surface area contributed by atoms with Gasteiger partial charge in [0, 0.05) is 12.6 Å². The molecule has 0 radical (unpaired) electrons. The number of benzene rings is 2. The molecule has 2 aromatic carbocycles. The van der Waals surface area contributed by atoms with Gasteiger partial charge >= 0.3 is 0 Å². The van der Waals surface area contributed by atoms with Gasteiger partial charge in [-0.15, -0.1) is 12.4 Å². The third-order valence-corrected chi connectivity index (χ3v) is 4.17. The molecule has 1 amide bonds. The third-order valence-electron chi connectivity index (χ3n) is 4.17. The number of para-hydroxylation sites is 3. The maximum atomic E-state index is 12.6. The predicted molar refractivity (Wildman–Crippen MR) is 105 cm³/mol. The maximum absolute atomic E-state index is 12.6. The van der Waals surface area contributed by atoms with Gasteiger partial charge in [0.15, 0.2) is 11.5 Å². The van der Waals surface area contributed by atoms with Crippen molar-refractivity contribution in [2.75, 3.05) is 19.7 Å². The average molecular weight is 377 g/mol. The number of nitrogens with one attached hydrogen (secondary N) is 2. The first-order chi connectivity index (χ1) is 12.3. The van der Waals surface area contributed by atoms with E-state index in [1.807, 2.05) is 43.3 Å². The number of hydrogen-bond acceptors (Lipinski definition) is 4. The van der Waals surface area contributed by atoms with E-state index in [4.69, 9.17) is 9.47 Å². The second-order valence-corrected chi connectivity index (χ2v) is 5.98. The summed E-state index contributed by atoms with van der Waals surface area (Å²) in [6.45, 7) is 4.13. The van der Waals surface area contributed by atoms with E-state index in [1.54, 1.807) is 12.1 Å². The van der Waals surface area contributed by atoms with Crippen molar-refractivity contribution in [3.63, 3.8) is 0 Å². The van der Waals surface area contributed by atoms with Gasteiger partial charge in [-0.25, -0.2) is 0 Å². The lowest BCUT2D eigenvalue weighted by atomic mass is 10.1. The minimum absolute atomic E-state index is 0. The quantitative estimate of drug-likeness (QED) is 0.772. The highest BCUT2D eigenvalue weighted by molar-refractivity contribution is 5.97. The van der Waals surface area contributed by atoms with Crippen LogP contribution in [-0.4, -0.2) is 31.6 Å². The van der Waals surface area contributed by atoms with E-state index < -0.39 is 0 Å². The largest absolute Gasteiger partial charge is 0.490 e. The van der Waals surface area contributed by atoms with E-state index in [1.165, 1.54) is 0 Å². The van der Waals surface area contributed by atoms with Crippen LogP contribution in [0.1, 0.15) is 30.1 Å². The highest BCUT2D eigenvalue weighted by atomic mass is 35.5. The fourth-order valence-electron chi connectivity index (χ4n) is 2.91. The van der Waals surface area contributed by atoms with E-state index in [9.17, 15) is 4.79 Å². The Morgan fingerprint density at radius 3 is 2.50 bits per heavy atom. The van der Waals surface area contributed by atoms with Gasteiger partial charge in [0.25, 0.3) is 5.91 Å². The molecule has 26 heavy (non-hydrogen) atoms. The number of carbonyl (C=O) groups excluding carboxylic acids is 1. The lowest BCUT2D eigenvalue weighted by Crippen LogP contribution is -2.37. The van der Waals surface area contributed by atoms with Gasteiger partial charge in [-0.2, -0.15) is 0 Å². The number of carbonyl (C=O) groups is 1. The molecule has 0 spiro atoms. The van der Waals surface area contributed by atoms with Gasteiger partial charge in [0.1, 0.15) is 5.75 Å². The van der Waals surface area contributed by atoms with Crippen LogP contribution in [0.15, 0.2) is 48.5 Å². The third kappa shape index (κ3) is 5.13. The Kier molecular flexibility index (Phi) is 7.75. The summed E-state index contributed by atoms with van der Waals surface area (Å²) >= 11 is 0. The molecule has 140 valence electrons. The van der Waals surface area contributed by atoms with E-state index in [0.717, 1.165) is 19.4 Å². The Hall–Kier alpha value is -2.24. The highest BCUT2D eigenvalue weighted by Crippen LogP contribution is 2.32. The first-order valence-electron chi connectivity index (χ1n) is 8.78. The molecule has 0 aromatic heterocycles. The summed E-state index contributed by atoms with van der Waals surface area (Å²) in [6.07, 6.45) is 2.26. The molecule has 0 bridgehead atoms. The summed E-state index contributed by atoms with van der Waals surface area (Å²) < 4.78 is 11.6. The zero-order chi connectivity index (χ0) is 17.5. The summed E-state index contributed by atoms with van der Waals surface area (Å²) in [6, 6.07) is 15.1. The fourth-order valence-corrected chi connectivity index (χ4v) is 2.91. The van der Waals surface area contributed by atoms with E-state index in [-0.39, 0.29) is 18.3 Å². The van der Waals surface area contributed by atoms with Crippen LogP contribution in [0, 0.1) is 0 Å². The number of halogens is 1. The lowest BCUT2D eigenvalue weighted by molar-refractivity contribution is 0.0948. The van der Waals surface area contributed by atoms with Crippen molar-refractivity contribution in [1.82, 2.24) is 10.6 Å². The molecule has 1 aliphatic heterocycles. The first kappa shape index (κ1) is 20.1. The summed E-state index contributed by atoms with van der Waals surface area (Å²) in [5.74, 6) is 1.65. The van der Waals surface area contributed by atoms with Crippen LogP contribution in [0.3, 0.4) is 0 Å². The number of amides is 1. The summed E-state index contributed by atoms with van der Waals surface area (Å²) in [5, 5.41) is 6.37. The van der Waals surface area contributed by atoms with Crippen LogP contribution in [-0.2, 0) is 0 Å². The van der Waals surface area contributed by atoms with Crippen molar-refractivity contribution in [3.05, 3.63) is 54.1 Å². The second kappa shape index (κ2) is 10.0. The molecule has 0 aliphatic carbocycles. The van der Waals surface area contributed by atoms with Gasteiger partial charge in [-0.3, -0.25) is 4.79 Å². The van der Waals surface area contributed by atoms with Crippen molar-refractivity contribution in [2.45, 2.75) is 25.8 Å². The molecule has 1 atom stereocenters. The monoisotopic (exact) mass is 376 g/mol. The SMILES string of the molecule is CCOc1ccccc1Oc1ccccc1C(=O)NCC1CCCN1.Cl. The van der Waals surface area contributed by atoms with Gasteiger partial charge in [0.2, 0.25) is 0 Å². The predicted octanol–water partition coefficient (Wildman–Crippen LogP) is 3.78. The Balaban J connectivity index is 0.00000243. The maximum Gasteiger partial charge on any atom is 0.255 e. The summed E-state index contributed by atoms with van der Waals surface area (Å²) in [4.78, 5) is 12.6. The Bertz CT molecular complexity index is 718. The highest BCUT2D eigenvalue weighted by Gasteiger charge is 2.18. The topological polar surface area (TPSA) is 59.6 Å².